The molecule has 0 aliphatic carbocycles. The minimum atomic E-state index is -2.36. The van der Waals surface area contributed by atoms with Gasteiger partial charge in [-0.3, -0.25) is 14.4 Å². The van der Waals surface area contributed by atoms with Gasteiger partial charge in [-0.05, 0) is 30.5 Å². The van der Waals surface area contributed by atoms with Gasteiger partial charge in [-0.2, -0.15) is 5.10 Å². The summed E-state index contributed by atoms with van der Waals surface area (Å²) in [6.45, 7) is 4.24. The molecule has 1 atom stereocenters. The largest absolute Gasteiger partial charge is 0.760 e. The van der Waals surface area contributed by atoms with Crippen LogP contribution in [-0.4, -0.2) is 19.0 Å². The van der Waals surface area contributed by atoms with E-state index in [1.807, 2.05) is 12.4 Å². The molecule has 2 rings (SSSR count). The van der Waals surface area contributed by atoms with E-state index in [2.05, 4.69) is 47.4 Å². The number of nitrogens with one attached hydrogen (secondary N) is 1. The number of aromatic nitrogens is 2. The summed E-state index contributed by atoms with van der Waals surface area (Å²) in [5.74, 6) is 0. The molecule has 1 aromatic carbocycles. The lowest BCUT2D eigenvalue weighted by molar-refractivity contribution is 0.539. The lowest BCUT2D eigenvalue weighted by Gasteiger charge is -2.02. The van der Waals surface area contributed by atoms with Crippen LogP contribution in [0.5, 0.6) is 0 Å². The molecule has 1 heterocycles. The Kier molecular flexibility index (Phi) is 5.02. The molecule has 0 saturated heterocycles. The quantitative estimate of drug-likeness (QED) is 0.751. The highest BCUT2D eigenvalue weighted by molar-refractivity contribution is 7.76. The zero-order valence-electron chi connectivity index (χ0n) is 9.64. The van der Waals surface area contributed by atoms with Gasteiger partial charge in [0.25, 0.3) is 0 Å². The Morgan fingerprint density at radius 2 is 1.94 bits per heavy atom. The minimum Gasteiger partial charge on any atom is -0.760 e. The summed E-state index contributed by atoms with van der Waals surface area (Å²) in [4.78, 5) is 0. The number of hydrogen-bond acceptors (Lipinski definition) is 3. The van der Waals surface area contributed by atoms with Crippen molar-refractivity contribution in [3.8, 4) is 11.1 Å². The zero-order chi connectivity index (χ0) is 12.8. The number of nitrogens with zero attached hydrogens (tertiary/aromatic N) is 1. The first-order chi connectivity index (χ1) is 8.00. The van der Waals surface area contributed by atoms with Gasteiger partial charge in [0.2, 0.25) is 0 Å². The molecular formula is C11H14N3O2S-. The van der Waals surface area contributed by atoms with Crippen LogP contribution in [0.2, 0.25) is 0 Å². The number of H-pyrrole nitrogens is 1. The van der Waals surface area contributed by atoms with Crippen LogP contribution >= 0.6 is 0 Å². The van der Waals surface area contributed by atoms with Crippen molar-refractivity contribution in [3.05, 3.63) is 41.7 Å². The highest BCUT2D eigenvalue weighted by Gasteiger charge is 1.99. The van der Waals surface area contributed by atoms with Gasteiger partial charge in [0.1, 0.15) is 0 Å². The Balaban J connectivity index is 0.000000317. The summed E-state index contributed by atoms with van der Waals surface area (Å²) in [7, 11) is 0. The standard InChI is InChI=1S/C11H12N2.H3NO2S/c1-8-3-4-10(5-9(8)2)11-6-12-13-7-11;1-4(2)3/h3-7H,1-2H3,(H,12,13);1H2,(H,2,3)/p-1. The van der Waals surface area contributed by atoms with Gasteiger partial charge in [-0.1, -0.05) is 18.2 Å². The smallest absolute Gasteiger partial charge is 0.0565 e. The lowest BCUT2D eigenvalue weighted by atomic mass is 10.0. The van der Waals surface area contributed by atoms with Gasteiger partial charge in [0, 0.05) is 23.0 Å². The van der Waals surface area contributed by atoms with Gasteiger partial charge < -0.3 is 4.55 Å². The Bertz CT molecular complexity index is 493. The van der Waals surface area contributed by atoms with E-state index < -0.39 is 11.3 Å². The van der Waals surface area contributed by atoms with Crippen LogP contribution in [0.4, 0.5) is 0 Å². The van der Waals surface area contributed by atoms with Gasteiger partial charge >= 0.3 is 0 Å². The Morgan fingerprint density at radius 3 is 2.41 bits per heavy atom. The third-order valence-electron chi connectivity index (χ3n) is 2.34. The van der Waals surface area contributed by atoms with E-state index in [9.17, 15) is 0 Å². The molecule has 0 bridgehead atoms. The Morgan fingerprint density at radius 1 is 1.29 bits per heavy atom. The molecule has 3 N–H and O–H groups in total. The predicted octanol–water partition coefficient (Wildman–Crippen LogP) is 1.43. The fourth-order valence-corrected chi connectivity index (χ4v) is 1.33. The Labute approximate surface area is 102 Å². The predicted molar refractivity (Wildman–Crippen MR) is 66.6 cm³/mol. The van der Waals surface area contributed by atoms with E-state index in [0.29, 0.717) is 0 Å². The number of nitrogens with two attached hydrogens (primary N) is 1. The number of rotatable bonds is 1. The first kappa shape index (κ1) is 13.6. The first-order valence-corrected chi connectivity index (χ1v) is 6.04. The average molecular weight is 252 g/mol. The third-order valence-corrected chi connectivity index (χ3v) is 2.34. The summed E-state index contributed by atoms with van der Waals surface area (Å²) in [5, 5.41) is 10.8. The van der Waals surface area contributed by atoms with Crippen molar-refractivity contribution in [3.63, 3.8) is 0 Å². The summed E-state index contributed by atoms with van der Waals surface area (Å²) < 4.78 is 17.6. The van der Waals surface area contributed by atoms with Crippen LogP contribution in [-0.2, 0) is 11.3 Å². The van der Waals surface area contributed by atoms with Crippen molar-refractivity contribution in [2.45, 2.75) is 13.8 Å². The normalized spacial score (nSPS) is 11.5. The van der Waals surface area contributed by atoms with Crippen molar-refractivity contribution >= 4 is 11.3 Å². The van der Waals surface area contributed by atoms with E-state index in [0.717, 1.165) is 5.56 Å². The van der Waals surface area contributed by atoms with Crippen LogP contribution in [0.25, 0.3) is 11.1 Å². The van der Waals surface area contributed by atoms with Crippen LogP contribution < -0.4 is 5.14 Å². The second kappa shape index (κ2) is 6.29. The minimum absolute atomic E-state index is 1.14. The van der Waals surface area contributed by atoms with Crippen LogP contribution in [0.15, 0.2) is 30.6 Å². The third kappa shape index (κ3) is 4.48. The molecular weight excluding hydrogens is 238 g/mol. The zero-order valence-corrected chi connectivity index (χ0v) is 10.5. The number of aryl methyl sites for hydroxylation is 2. The maximum atomic E-state index is 8.78. The van der Waals surface area contributed by atoms with Crippen molar-refractivity contribution in [2.24, 2.45) is 5.14 Å². The van der Waals surface area contributed by atoms with Crippen molar-refractivity contribution in [2.75, 3.05) is 0 Å². The van der Waals surface area contributed by atoms with Crippen LogP contribution in [0.1, 0.15) is 11.1 Å². The molecule has 1 aromatic heterocycles. The number of aromatic amines is 1. The lowest BCUT2D eigenvalue weighted by Crippen LogP contribution is -1.97. The molecule has 0 fully saturated rings. The maximum absolute atomic E-state index is 8.78. The average Bonchev–Trinajstić information content (AvgIpc) is 2.74. The molecule has 5 nitrogen and oxygen atoms in total. The molecule has 0 saturated carbocycles. The Hall–Kier alpha value is -1.50. The number of hydrogen-bond donors (Lipinski definition) is 2. The van der Waals surface area contributed by atoms with Crippen molar-refractivity contribution < 1.29 is 8.76 Å². The highest BCUT2D eigenvalue weighted by atomic mass is 32.2. The van der Waals surface area contributed by atoms with Gasteiger partial charge in [0.15, 0.2) is 0 Å². The van der Waals surface area contributed by atoms with Crippen molar-refractivity contribution in [1.29, 1.82) is 0 Å². The van der Waals surface area contributed by atoms with Crippen molar-refractivity contribution in [1.82, 2.24) is 10.2 Å². The molecule has 2 aromatic rings. The molecule has 0 aliphatic rings. The highest BCUT2D eigenvalue weighted by Crippen LogP contribution is 2.20. The molecule has 92 valence electrons. The van der Waals surface area contributed by atoms with Crippen LogP contribution in [0, 0.1) is 13.8 Å². The van der Waals surface area contributed by atoms with E-state index in [1.54, 1.807) is 0 Å². The van der Waals surface area contributed by atoms with Gasteiger partial charge in [-0.25, -0.2) is 0 Å². The second-order valence-corrected chi connectivity index (χ2v) is 4.07. The van der Waals surface area contributed by atoms with E-state index in [4.69, 9.17) is 8.76 Å². The molecule has 0 radical (unpaired) electrons. The molecule has 1 unspecified atom stereocenters. The van der Waals surface area contributed by atoms with E-state index in [-0.39, 0.29) is 0 Å². The van der Waals surface area contributed by atoms with E-state index >= 15 is 0 Å². The maximum Gasteiger partial charge on any atom is 0.0565 e. The molecule has 0 spiro atoms. The fourth-order valence-electron chi connectivity index (χ4n) is 1.33. The summed E-state index contributed by atoms with van der Waals surface area (Å²) in [6.07, 6.45) is 3.74. The van der Waals surface area contributed by atoms with E-state index in [1.165, 1.54) is 16.7 Å². The summed E-state index contributed by atoms with van der Waals surface area (Å²) in [5.41, 5.74) is 5.01. The summed E-state index contributed by atoms with van der Waals surface area (Å²) >= 11 is -2.36. The first-order valence-electron chi connectivity index (χ1n) is 4.90. The second-order valence-electron chi connectivity index (χ2n) is 3.55. The molecule has 0 amide bonds. The van der Waals surface area contributed by atoms with Gasteiger partial charge in [-0.15, -0.1) is 0 Å². The SMILES string of the molecule is Cc1ccc(-c2cn[nH]c2)cc1C.NS(=O)[O-]. The van der Waals surface area contributed by atoms with Crippen LogP contribution in [0.3, 0.4) is 0 Å². The monoisotopic (exact) mass is 252 g/mol. The molecule has 0 aliphatic heterocycles. The van der Waals surface area contributed by atoms with Gasteiger partial charge in [0.05, 0.1) is 6.20 Å². The summed E-state index contributed by atoms with van der Waals surface area (Å²) in [6, 6.07) is 6.44. The topological polar surface area (TPSA) is 94.8 Å². The molecule has 17 heavy (non-hydrogen) atoms. The molecule has 6 heteroatoms. The number of benzene rings is 1. The fraction of sp³-hybridized carbons (Fsp3) is 0.182.